The summed E-state index contributed by atoms with van der Waals surface area (Å²) in [6.45, 7) is 4.28. The van der Waals surface area contributed by atoms with Crippen molar-refractivity contribution in [3.8, 4) is 0 Å². The largest absolute Gasteiger partial charge is 0.481 e. The number of unbranched alkanes of at least 4 members (excludes halogenated alkanes) is 15. The smallest absolute Gasteiger partial charge is 0.462 e. The molecule has 21 heteroatoms. The number of aliphatic hydroxyl groups is 3. The van der Waals surface area contributed by atoms with E-state index in [9.17, 15) is 48.6 Å². The predicted molar refractivity (Wildman–Crippen MR) is 272 cm³/mol. The average molecular weight is 1050 g/mol. The standard InChI is InChI=1S/C50H85N3O16P2/c1-4-5-6-7-8-13-17-21-26-31-41(54)32-27-22-19-24-28-33-45(55)64-37-42(67-46(56)34-29-23-18-15-12-10-9-11-14-16-20-25-30-40(2)3)38-65-70(60,61)69-71(62,63)66-39-43-47(57)48(58)49(68-43)53-36-35-44(51)52-50(53)59/h8,13,19,21-22,26-27,32,35-36,40-43,47-49,54,57-58H,4-7,9-12,14-18,20,23-25,28-31,33-34,37-39H2,1-3H3,(H,60,61)(H,62,63)(H2,51,52,59)/b13-8-,22-19+,26-21-,32-27-/t41?,42-,43-,47-,48-,49-/m1/s1. The van der Waals surface area contributed by atoms with Gasteiger partial charge in [-0.1, -0.05) is 159 Å². The number of ether oxygens (including phenoxy) is 3. The zero-order valence-electron chi connectivity index (χ0n) is 42.3. The van der Waals surface area contributed by atoms with E-state index in [1.165, 1.54) is 76.7 Å². The highest BCUT2D eigenvalue weighted by atomic mass is 31.3. The summed E-state index contributed by atoms with van der Waals surface area (Å²) in [7, 11) is -10.9. The molecule has 0 spiro atoms. The van der Waals surface area contributed by atoms with Gasteiger partial charge in [-0.2, -0.15) is 9.29 Å². The zero-order chi connectivity index (χ0) is 52.3. The summed E-state index contributed by atoms with van der Waals surface area (Å²) in [4.78, 5) is 61.9. The molecule has 0 aliphatic carbocycles. The van der Waals surface area contributed by atoms with E-state index in [-0.39, 0.29) is 18.7 Å². The van der Waals surface area contributed by atoms with Gasteiger partial charge in [-0.3, -0.25) is 23.2 Å². The summed E-state index contributed by atoms with van der Waals surface area (Å²) in [6, 6.07) is 1.24. The predicted octanol–water partition coefficient (Wildman–Crippen LogP) is 9.38. The van der Waals surface area contributed by atoms with E-state index in [1.54, 1.807) is 18.2 Å². The van der Waals surface area contributed by atoms with E-state index in [0.717, 1.165) is 55.2 Å². The Bertz CT molecular complexity index is 1910. The number of hydrogen-bond donors (Lipinski definition) is 6. The topological polar surface area (TPSA) is 286 Å². The van der Waals surface area contributed by atoms with Crippen LogP contribution in [0.1, 0.15) is 175 Å². The number of phosphoric acid groups is 2. The van der Waals surface area contributed by atoms with E-state index in [2.05, 4.69) is 42.2 Å². The fraction of sp³-hybridized carbons (Fsp3) is 0.720. The number of nitrogens with zero attached hydrogens (tertiary/aromatic N) is 2. The third-order valence-corrected chi connectivity index (χ3v) is 14.0. The van der Waals surface area contributed by atoms with Gasteiger partial charge in [-0.15, -0.1) is 0 Å². The summed E-state index contributed by atoms with van der Waals surface area (Å²) >= 11 is 0. The number of aromatic nitrogens is 2. The second kappa shape index (κ2) is 37.4. The number of carbonyl (C=O) groups is 2. The maximum Gasteiger partial charge on any atom is 0.481 e. The molecule has 8 atom stereocenters. The Morgan fingerprint density at radius 2 is 1.41 bits per heavy atom. The average Bonchev–Trinajstić information content (AvgIpc) is 3.59. The van der Waals surface area contributed by atoms with Crippen molar-refractivity contribution in [2.45, 2.75) is 205 Å². The summed E-state index contributed by atoms with van der Waals surface area (Å²) in [6.07, 6.45) is 29.4. The van der Waals surface area contributed by atoms with Gasteiger partial charge in [-0.25, -0.2) is 13.9 Å². The molecule has 406 valence electrons. The molecule has 1 aromatic rings. The van der Waals surface area contributed by atoms with Gasteiger partial charge in [0.15, 0.2) is 12.3 Å². The van der Waals surface area contributed by atoms with Crippen LogP contribution in [0.3, 0.4) is 0 Å². The number of carbonyl (C=O) groups excluding carboxylic acids is 2. The van der Waals surface area contributed by atoms with Gasteiger partial charge in [0.05, 0.1) is 19.3 Å². The molecule has 71 heavy (non-hydrogen) atoms. The minimum Gasteiger partial charge on any atom is -0.462 e. The van der Waals surface area contributed by atoms with Crippen molar-refractivity contribution in [2.75, 3.05) is 25.6 Å². The van der Waals surface area contributed by atoms with Gasteiger partial charge in [0.25, 0.3) is 0 Å². The molecule has 1 saturated heterocycles. The van der Waals surface area contributed by atoms with Crippen LogP contribution >= 0.6 is 15.6 Å². The normalized spacial score (nSPS) is 20.1. The number of hydrogen-bond acceptors (Lipinski definition) is 16. The molecule has 1 aliphatic rings. The molecule has 3 unspecified atom stereocenters. The summed E-state index contributed by atoms with van der Waals surface area (Å²) in [5.74, 6) is -0.667. The monoisotopic (exact) mass is 1050 g/mol. The van der Waals surface area contributed by atoms with Gasteiger partial charge in [-0.05, 0) is 56.9 Å². The number of aliphatic hydroxyl groups excluding tert-OH is 3. The van der Waals surface area contributed by atoms with Gasteiger partial charge >= 0.3 is 33.3 Å². The molecule has 19 nitrogen and oxygen atoms in total. The van der Waals surface area contributed by atoms with Crippen LogP contribution in [0.5, 0.6) is 0 Å². The second-order valence-corrected chi connectivity index (χ2v) is 21.4. The van der Waals surface area contributed by atoms with Gasteiger partial charge in [0, 0.05) is 19.0 Å². The second-order valence-electron chi connectivity index (χ2n) is 18.4. The fourth-order valence-electron chi connectivity index (χ4n) is 7.39. The lowest BCUT2D eigenvalue weighted by molar-refractivity contribution is -0.161. The third-order valence-electron chi connectivity index (χ3n) is 11.4. The number of phosphoric ester groups is 2. The molecular formula is C50H85N3O16P2. The van der Waals surface area contributed by atoms with Crippen molar-refractivity contribution in [3.63, 3.8) is 0 Å². The van der Waals surface area contributed by atoms with Crippen molar-refractivity contribution in [2.24, 2.45) is 5.92 Å². The van der Waals surface area contributed by atoms with Crippen molar-refractivity contribution in [3.05, 3.63) is 71.4 Å². The van der Waals surface area contributed by atoms with E-state index in [4.69, 9.17) is 29.0 Å². The molecular weight excluding hydrogens is 961 g/mol. The summed E-state index contributed by atoms with van der Waals surface area (Å²) < 4.78 is 56.7. The highest BCUT2D eigenvalue weighted by Gasteiger charge is 2.46. The highest BCUT2D eigenvalue weighted by molar-refractivity contribution is 7.61. The molecule has 2 heterocycles. The van der Waals surface area contributed by atoms with Crippen molar-refractivity contribution >= 4 is 33.4 Å². The first-order valence-electron chi connectivity index (χ1n) is 25.6. The van der Waals surface area contributed by atoms with Crippen LogP contribution in [0.2, 0.25) is 0 Å². The molecule has 0 saturated carbocycles. The minimum atomic E-state index is -5.45. The Morgan fingerprint density at radius 1 is 0.789 bits per heavy atom. The minimum absolute atomic E-state index is 0.00802. The van der Waals surface area contributed by atoms with Crippen molar-refractivity contribution < 1.29 is 71.4 Å². The van der Waals surface area contributed by atoms with Crippen LogP contribution in [-0.4, -0.2) is 96.9 Å². The quantitative estimate of drug-likeness (QED) is 0.0117. The summed E-state index contributed by atoms with van der Waals surface area (Å²) in [5, 5.41) is 31.1. The van der Waals surface area contributed by atoms with Gasteiger partial charge < -0.3 is 45.1 Å². The van der Waals surface area contributed by atoms with Crippen LogP contribution in [0, 0.1) is 5.92 Å². The van der Waals surface area contributed by atoms with E-state index in [0.29, 0.717) is 25.7 Å². The number of allylic oxidation sites excluding steroid dienone is 6. The number of esters is 2. The van der Waals surface area contributed by atoms with E-state index >= 15 is 0 Å². The van der Waals surface area contributed by atoms with Crippen molar-refractivity contribution in [1.82, 2.24) is 9.55 Å². The number of nitrogen functional groups attached to an aromatic ring is 1. The van der Waals surface area contributed by atoms with E-state index in [1.807, 2.05) is 18.2 Å². The molecule has 7 N–H and O–H groups in total. The molecule has 2 rings (SSSR count). The molecule has 1 aliphatic heterocycles. The maximum absolute atomic E-state index is 12.9. The van der Waals surface area contributed by atoms with Gasteiger partial charge in [0.1, 0.15) is 30.7 Å². The first-order chi connectivity index (χ1) is 33.9. The zero-order valence-corrected chi connectivity index (χ0v) is 44.1. The Hall–Kier alpha value is -3.32. The van der Waals surface area contributed by atoms with Crippen LogP contribution in [0.4, 0.5) is 5.82 Å². The lowest BCUT2D eigenvalue weighted by Crippen LogP contribution is -2.36. The molecule has 0 aromatic carbocycles. The van der Waals surface area contributed by atoms with Crippen molar-refractivity contribution in [1.29, 1.82) is 0 Å². The Labute approximate surface area is 421 Å². The third kappa shape index (κ3) is 31.1. The molecule has 0 amide bonds. The highest BCUT2D eigenvalue weighted by Crippen LogP contribution is 2.60. The molecule has 0 radical (unpaired) electrons. The van der Waals surface area contributed by atoms with E-state index < -0.39 is 89.8 Å². The van der Waals surface area contributed by atoms with Crippen LogP contribution < -0.4 is 11.4 Å². The van der Waals surface area contributed by atoms with Crippen LogP contribution in [-0.2, 0) is 46.3 Å². The molecule has 1 aromatic heterocycles. The first-order valence-corrected chi connectivity index (χ1v) is 28.6. The van der Waals surface area contributed by atoms with Crippen LogP contribution in [0.25, 0.3) is 0 Å². The molecule has 0 bridgehead atoms. The number of anilines is 1. The Morgan fingerprint density at radius 3 is 2.07 bits per heavy atom. The molecule has 1 fully saturated rings. The van der Waals surface area contributed by atoms with Gasteiger partial charge in [0.2, 0.25) is 0 Å². The fourth-order valence-corrected chi connectivity index (χ4v) is 9.50. The number of nitrogens with two attached hydrogens (primary N) is 1. The first kappa shape index (κ1) is 63.8. The lowest BCUT2D eigenvalue weighted by Gasteiger charge is -2.21. The Kier molecular flexibility index (Phi) is 33.6. The van der Waals surface area contributed by atoms with Crippen LogP contribution in [0.15, 0.2) is 65.7 Å². The lowest BCUT2D eigenvalue weighted by atomic mass is 10.0. The SMILES string of the molecule is CCCCC/C=C\C/C=C\CC(O)/C=C\C=C\CCCC(=O)OC[C@H](COP(=O)(O)OP(=O)(O)OC[C@H]1O[C@@H](n2ccc(N)nc2=O)[C@H](O)[C@@H]1O)OC(=O)CCCCCCCCCCCCCCC(C)C. The number of rotatable bonds is 41. The maximum atomic E-state index is 12.9. The summed E-state index contributed by atoms with van der Waals surface area (Å²) in [5.41, 5.74) is 4.58. The Balaban J connectivity index is 1.85.